The lowest BCUT2D eigenvalue weighted by Gasteiger charge is -2.10. The van der Waals surface area contributed by atoms with Gasteiger partial charge in [0.15, 0.2) is 0 Å². The lowest BCUT2D eigenvalue weighted by Crippen LogP contribution is -2.20. The van der Waals surface area contributed by atoms with Crippen LogP contribution in [0, 0.1) is 11.3 Å². The summed E-state index contributed by atoms with van der Waals surface area (Å²) in [7, 11) is 0. The van der Waals surface area contributed by atoms with Crippen LogP contribution in [0.25, 0.3) is 10.8 Å². The molecular weight excluding hydrogens is 317 g/mol. The SMILES string of the molecule is N#Cc1ccc(Cn2ccc3cc(C(F)(F)F)ccc3c2=O)cc1. The summed E-state index contributed by atoms with van der Waals surface area (Å²) in [6.45, 7) is 0.279. The second-order valence-corrected chi connectivity index (χ2v) is 5.36. The average molecular weight is 328 g/mol. The molecule has 0 amide bonds. The van der Waals surface area contributed by atoms with Gasteiger partial charge in [-0.2, -0.15) is 18.4 Å². The molecule has 0 aliphatic rings. The van der Waals surface area contributed by atoms with Crippen LogP contribution in [0.1, 0.15) is 16.7 Å². The highest BCUT2D eigenvalue weighted by Gasteiger charge is 2.30. The number of nitriles is 1. The van der Waals surface area contributed by atoms with E-state index in [4.69, 9.17) is 5.26 Å². The Hall–Kier alpha value is -3.07. The van der Waals surface area contributed by atoms with E-state index in [0.717, 1.165) is 17.7 Å². The normalized spacial score (nSPS) is 11.4. The molecule has 1 aromatic heterocycles. The van der Waals surface area contributed by atoms with Crippen LogP contribution in [-0.2, 0) is 12.7 Å². The Labute approximate surface area is 135 Å². The summed E-state index contributed by atoms with van der Waals surface area (Å²) in [5, 5.41) is 9.27. The molecule has 6 heteroatoms. The quantitative estimate of drug-likeness (QED) is 0.715. The van der Waals surface area contributed by atoms with Gasteiger partial charge in [0.25, 0.3) is 5.56 Å². The van der Waals surface area contributed by atoms with Crippen molar-refractivity contribution in [3.8, 4) is 6.07 Å². The number of fused-ring (bicyclic) bond motifs is 1. The lowest BCUT2D eigenvalue weighted by atomic mass is 10.1. The summed E-state index contributed by atoms with van der Waals surface area (Å²) < 4.78 is 39.6. The van der Waals surface area contributed by atoms with Crippen molar-refractivity contribution in [2.75, 3.05) is 0 Å². The maximum absolute atomic E-state index is 12.7. The van der Waals surface area contributed by atoms with E-state index in [9.17, 15) is 18.0 Å². The Balaban J connectivity index is 1.99. The standard InChI is InChI=1S/C18H11F3N2O/c19-18(20,21)15-5-6-16-14(9-15)7-8-23(17(16)24)11-13-3-1-12(10-22)2-4-13/h1-9H,11H2. The van der Waals surface area contributed by atoms with Gasteiger partial charge in [-0.3, -0.25) is 4.79 Å². The molecule has 2 aromatic carbocycles. The van der Waals surface area contributed by atoms with E-state index < -0.39 is 11.7 Å². The molecule has 0 bridgehead atoms. The van der Waals surface area contributed by atoms with Crippen LogP contribution in [0.3, 0.4) is 0 Å². The molecule has 0 unspecified atom stereocenters. The molecule has 0 aliphatic heterocycles. The van der Waals surface area contributed by atoms with Crippen LogP contribution in [0.2, 0.25) is 0 Å². The minimum atomic E-state index is -4.44. The van der Waals surface area contributed by atoms with Gasteiger partial charge in [0.2, 0.25) is 0 Å². The van der Waals surface area contributed by atoms with E-state index in [1.165, 1.54) is 22.9 Å². The molecule has 0 fully saturated rings. The zero-order valence-electron chi connectivity index (χ0n) is 12.3. The molecular formula is C18H11F3N2O. The van der Waals surface area contributed by atoms with Crippen molar-refractivity contribution < 1.29 is 13.2 Å². The smallest absolute Gasteiger partial charge is 0.311 e. The first-order chi connectivity index (χ1) is 11.4. The molecule has 0 spiro atoms. The predicted octanol–water partition coefficient (Wildman–Crippen LogP) is 3.94. The fourth-order valence-electron chi connectivity index (χ4n) is 2.47. The van der Waals surface area contributed by atoms with Gasteiger partial charge in [0.1, 0.15) is 0 Å². The number of hydrogen-bond acceptors (Lipinski definition) is 2. The van der Waals surface area contributed by atoms with Gasteiger partial charge in [0.05, 0.1) is 23.7 Å². The summed E-state index contributed by atoms with van der Waals surface area (Å²) in [6, 6.07) is 13.4. The van der Waals surface area contributed by atoms with E-state index >= 15 is 0 Å². The Morgan fingerprint density at radius 2 is 1.75 bits per heavy atom. The Morgan fingerprint density at radius 1 is 1.04 bits per heavy atom. The van der Waals surface area contributed by atoms with E-state index in [2.05, 4.69) is 0 Å². The number of pyridine rings is 1. The van der Waals surface area contributed by atoms with Gasteiger partial charge < -0.3 is 4.57 Å². The lowest BCUT2D eigenvalue weighted by molar-refractivity contribution is -0.137. The summed E-state index contributed by atoms with van der Waals surface area (Å²) in [6.07, 6.45) is -2.96. The molecule has 0 aliphatic carbocycles. The predicted molar refractivity (Wildman–Crippen MR) is 83.5 cm³/mol. The molecule has 3 nitrogen and oxygen atoms in total. The highest BCUT2D eigenvalue weighted by Crippen LogP contribution is 2.30. The van der Waals surface area contributed by atoms with Gasteiger partial charge in [-0.25, -0.2) is 0 Å². The van der Waals surface area contributed by atoms with Crippen molar-refractivity contribution in [2.24, 2.45) is 0 Å². The van der Waals surface area contributed by atoms with Crippen LogP contribution in [0.15, 0.2) is 59.5 Å². The first-order valence-corrected chi connectivity index (χ1v) is 7.08. The van der Waals surface area contributed by atoms with Gasteiger partial charge in [-0.15, -0.1) is 0 Å². The van der Waals surface area contributed by atoms with Crippen molar-refractivity contribution >= 4 is 10.8 Å². The van der Waals surface area contributed by atoms with Crippen molar-refractivity contribution in [1.29, 1.82) is 5.26 Å². The van der Waals surface area contributed by atoms with E-state index in [-0.39, 0.29) is 22.9 Å². The van der Waals surface area contributed by atoms with Gasteiger partial charge >= 0.3 is 6.18 Å². The number of aromatic nitrogens is 1. The first-order valence-electron chi connectivity index (χ1n) is 7.08. The molecule has 120 valence electrons. The van der Waals surface area contributed by atoms with E-state index in [1.54, 1.807) is 24.3 Å². The summed E-state index contributed by atoms with van der Waals surface area (Å²) in [5.74, 6) is 0. The maximum Gasteiger partial charge on any atom is 0.416 e. The van der Waals surface area contributed by atoms with Crippen LogP contribution < -0.4 is 5.56 Å². The maximum atomic E-state index is 12.7. The van der Waals surface area contributed by atoms with Crippen molar-refractivity contribution in [3.05, 3.63) is 81.8 Å². The van der Waals surface area contributed by atoms with Crippen molar-refractivity contribution in [2.45, 2.75) is 12.7 Å². The van der Waals surface area contributed by atoms with Gasteiger partial charge in [-0.05, 0) is 47.3 Å². The van der Waals surface area contributed by atoms with E-state index in [0.29, 0.717) is 5.56 Å². The van der Waals surface area contributed by atoms with Gasteiger partial charge in [0, 0.05) is 11.6 Å². The second kappa shape index (κ2) is 5.85. The highest BCUT2D eigenvalue weighted by molar-refractivity contribution is 5.82. The van der Waals surface area contributed by atoms with Crippen LogP contribution in [0.4, 0.5) is 13.2 Å². The monoisotopic (exact) mass is 328 g/mol. The Morgan fingerprint density at radius 3 is 2.38 bits per heavy atom. The summed E-state index contributed by atoms with van der Waals surface area (Å²) in [5.41, 5.74) is 0.205. The van der Waals surface area contributed by atoms with Crippen LogP contribution >= 0.6 is 0 Å². The average Bonchev–Trinajstić information content (AvgIpc) is 2.57. The number of halogens is 3. The molecule has 3 rings (SSSR count). The minimum Gasteiger partial charge on any atom is -0.311 e. The summed E-state index contributed by atoms with van der Waals surface area (Å²) >= 11 is 0. The molecule has 3 aromatic rings. The number of rotatable bonds is 2. The number of hydrogen-bond donors (Lipinski definition) is 0. The second-order valence-electron chi connectivity index (χ2n) is 5.36. The van der Waals surface area contributed by atoms with Crippen molar-refractivity contribution in [1.82, 2.24) is 4.57 Å². The fourth-order valence-corrected chi connectivity index (χ4v) is 2.47. The number of alkyl halides is 3. The number of nitrogens with zero attached hydrogens (tertiary/aromatic N) is 2. The largest absolute Gasteiger partial charge is 0.416 e. The van der Waals surface area contributed by atoms with Crippen LogP contribution in [0.5, 0.6) is 0 Å². The third kappa shape index (κ3) is 3.01. The third-order valence-electron chi connectivity index (χ3n) is 3.74. The topological polar surface area (TPSA) is 45.8 Å². The molecule has 1 heterocycles. The fraction of sp³-hybridized carbons (Fsp3) is 0.111. The van der Waals surface area contributed by atoms with Gasteiger partial charge in [-0.1, -0.05) is 12.1 Å². The molecule has 0 saturated heterocycles. The summed E-state index contributed by atoms with van der Waals surface area (Å²) in [4.78, 5) is 12.4. The molecule has 0 N–H and O–H groups in total. The molecule has 0 radical (unpaired) electrons. The first kappa shape index (κ1) is 15.8. The zero-order chi connectivity index (χ0) is 17.3. The molecule has 0 saturated carbocycles. The van der Waals surface area contributed by atoms with Crippen molar-refractivity contribution in [3.63, 3.8) is 0 Å². The molecule has 24 heavy (non-hydrogen) atoms. The third-order valence-corrected chi connectivity index (χ3v) is 3.74. The zero-order valence-corrected chi connectivity index (χ0v) is 12.3. The Kier molecular flexibility index (Phi) is 3.86. The van der Waals surface area contributed by atoms with Crippen LogP contribution in [-0.4, -0.2) is 4.57 Å². The van der Waals surface area contributed by atoms with E-state index in [1.807, 2.05) is 6.07 Å². The molecule has 0 atom stereocenters. The Bertz CT molecular complexity index is 996. The highest BCUT2D eigenvalue weighted by atomic mass is 19.4. The minimum absolute atomic E-state index is 0.235. The number of benzene rings is 2.